The van der Waals surface area contributed by atoms with Gasteiger partial charge in [-0.2, -0.15) is 0 Å². The molecule has 0 saturated heterocycles. The lowest BCUT2D eigenvalue weighted by atomic mass is 9.87. The van der Waals surface area contributed by atoms with Crippen LogP contribution in [0.2, 0.25) is 0 Å². The highest BCUT2D eigenvalue weighted by molar-refractivity contribution is 5.97. The third-order valence-corrected chi connectivity index (χ3v) is 4.50. The van der Waals surface area contributed by atoms with Gasteiger partial charge >= 0.3 is 17.9 Å². The molecule has 0 spiro atoms. The first-order chi connectivity index (χ1) is 14.1. The summed E-state index contributed by atoms with van der Waals surface area (Å²) < 4.78 is 9.14. The summed E-state index contributed by atoms with van der Waals surface area (Å²) in [6.45, 7) is 2.54. The highest BCUT2D eigenvalue weighted by Gasteiger charge is 2.42. The number of hydrogen-bond donors (Lipinski definition) is 3. The number of amides is 2. The molecule has 0 aliphatic heterocycles. The van der Waals surface area contributed by atoms with Gasteiger partial charge in [0.25, 0.3) is 0 Å². The summed E-state index contributed by atoms with van der Waals surface area (Å²) >= 11 is 0. The largest absolute Gasteiger partial charge is 0.480 e. The number of aliphatic carboxylic acids is 1. The fraction of sp³-hybridized carbons (Fsp3) is 0.450. The van der Waals surface area contributed by atoms with E-state index in [9.17, 15) is 29.1 Å². The van der Waals surface area contributed by atoms with Crippen LogP contribution in [0.15, 0.2) is 30.3 Å². The standard InChI is InChI=1S/C20H26N2O8/c1-11(15(19(27)29-3)20(28)30-4)16(18(25)26)22-17(24)14(21-12(2)23)10-13-8-6-5-7-9-13/h5-9,11,14-16H,10H2,1-4H3,(H,21,23)(H,22,24)(H,25,26)/t11-,14+,16+/m1/s1. The summed E-state index contributed by atoms with van der Waals surface area (Å²) in [5.74, 6) is -7.45. The van der Waals surface area contributed by atoms with Gasteiger partial charge in [-0.25, -0.2) is 4.79 Å². The van der Waals surface area contributed by atoms with Crippen molar-refractivity contribution in [2.75, 3.05) is 14.2 Å². The van der Waals surface area contributed by atoms with Crippen LogP contribution in [-0.4, -0.2) is 61.1 Å². The van der Waals surface area contributed by atoms with E-state index in [1.165, 1.54) is 13.8 Å². The number of carboxylic acid groups (broad SMARTS) is 1. The Hall–Kier alpha value is -3.43. The molecule has 0 aromatic heterocycles. The summed E-state index contributed by atoms with van der Waals surface area (Å²) in [5.41, 5.74) is 0.744. The third kappa shape index (κ3) is 6.87. The van der Waals surface area contributed by atoms with Gasteiger partial charge in [0.1, 0.15) is 12.1 Å². The Morgan fingerprint density at radius 3 is 1.93 bits per heavy atom. The van der Waals surface area contributed by atoms with Crippen molar-refractivity contribution in [2.45, 2.75) is 32.4 Å². The molecule has 164 valence electrons. The number of esters is 2. The summed E-state index contributed by atoms with van der Waals surface area (Å²) in [5, 5.41) is 14.4. The normalized spacial score (nSPS) is 13.5. The van der Waals surface area contributed by atoms with E-state index >= 15 is 0 Å². The van der Waals surface area contributed by atoms with Crippen LogP contribution in [-0.2, 0) is 39.9 Å². The SMILES string of the molecule is COC(=O)C(C(=O)OC)[C@@H](C)[C@H](NC(=O)[C@H](Cc1ccccc1)NC(C)=O)C(=O)O. The van der Waals surface area contributed by atoms with Crippen LogP contribution in [0.4, 0.5) is 0 Å². The Morgan fingerprint density at radius 1 is 0.967 bits per heavy atom. The molecule has 0 bridgehead atoms. The summed E-state index contributed by atoms with van der Waals surface area (Å²) in [6.07, 6.45) is 0.115. The molecule has 0 fully saturated rings. The van der Waals surface area contributed by atoms with Crippen LogP contribution in [0.25, 0.3) is 0 Å². The van der Waals surface area contributed by atoms with E-state index in [4.69, 9.17) is 0 Å². The summed E-state index contributed by atoms with van der Waals surface area (Å²) in [7, 11) is 2.10. The maximum atomic E-state index is 12.8. The molecule has 10 nitrogen and oxygen atoms in total. The number of carbonyl (C=O) groups excluding carboxylic acids is 4. The van der Waals surface area contributed by atoms with E-state index in [0.29, 0.717) is 0 Å². The first kappa shape index (κ1) is 24.6. The molecule has 3 N–H and O–H groups in total. The first-order valence-electron chi connectivity index (χ1n) is 9.12. The monoisotopic (exact) mass is 422 g/mol. The molecular formula is C20H26N2O8. The molecule has 2 amide bonds. The zero-order valence-corrected chi connectivity index (χ0v) is 17.2. The Labute approximate surface area is 173 Å². The quantitative estimate of drug-likeness (QED) is 0.350. The molecule has 0 heterocycles. The van der Waals surface area contributed by atoms with Crippen molar-refractivity contribution in [3.8, 4) is 0 Å². The van der Waals surface area contributed by atoms with Crippen molar-refractivity contribution in [1.29, 1.82) is 0 Å². The lowest BCUT2D eigenvalue weighted by Gasteiger charge is -2.27. The van der Waals surface area contributed by atoms with Crippen molar-refractivity contribution in [2.24, 2.45) is 11.8 Å². The van der Waals surface area contributed by atoms with Crippen molar-refractivity contribution in [1.82, 2.24) is 10.6 Å². The van der Waals surface area contributed by atoms with E-state index in [0.717, 1.165) is 19.8 Å². The van der Waals surface area contributed by atoms with Crippen LogP contribution < -0.4 is 10.6 Å². The van der Waals surface area contributed by atoms with Gasteiger partial charge in [0.15, 0.2) is 5.92 Å². The predicted molar refractivity (Wildman–Crippen MR) is 104 cm³/mol. The predicted octanol–water partition coefficient (Wildman–Crippen LogP) is -0.0985. The van der Waals surface area contributed by atoms with Gasteiger partial charge in [0.2, 0.25) is 11.8 Å². The molecule has 1 aromatic carbocycles. The maximum absolute atomic E-state index is 12.8. The summed E-state index contributed by atoms with van der Waals surface area (Å²) in [6, 6.07) is 6.14. The number of methoxy groups -OCH3 is 2. The molecule has 3 atom stereocenters. The highest BCUT2D eigenvalue weighted by Crippen LogP contribution is 2.20. The fourth-order valence-electron chi connectivity index (χ4n) is 2.95. The average molecular weight is 422 g/mol. The van der Waals surface area contributed by atoms with Crippen molar-refractivity contribution in [3.05, 3.63) is 35.9 Å². The Morgan fingerprint density at radius 2 is 1.50 bits per heavy atom. The minimum atomic E-state index is -1.62. The molecule has 30 heavy (non-hydrogen) atoms. The van der Waals surface area contributed by atoms with Crippen LogP contribution in [0, 0.1) is 11.8 Å². The molecule has 0 aliphatic carbocycles. The minimum absolute atomic E-state index is 0.115. The number of benzene rings is 1. The Balaban J connectivity index is 3.11. The second kappa shape index (κ2) is 11.5. The van der Waals surface area contributed by atoms with Gasteiger partial charge in [-0.15, -0.1) is 0 Å². The molecule has 0 radical (unpaired) electrons. The second-order valence-corrected chi connectivity index (χ2v) is 6.65. The number of ether oxygens (including phenoxy) is 2. The first-order valence-corrected chi connectivity index (χ1v) is 9.12. The van der Waals surface area contributed by atoms with E-state index in [1.54, 1.807) is 30.3 Å². The fourth-order valence-corrected chi connectivity index (χ4v) is 2.95. The van der Waals surface area contributed by atoms with Crippen LogP contribution in [0.5, 0.6) is 0 Å². The topological polar surface area (TPSA) is 148 Å². The number of nitrogens with one attached hydrogen (secondary N) is 2. The smallest absolute Gasteiger partial charge is 0.326 e. The van der Waals surface area contributed by atoms with Gasteiger partial charge in [0.05, 0.1) is 14.2 Å². The maximum Gasteiger partial charge on any atom is 0.326 e. The number of rotatable bonds is 10. The lowest BCUT2D eigenvalue weighted by Crippen LogP contribution is -2.56. The zero-order valence-electron chi connectivity index (χ0n) is 17.2. The van der Waals surface area contributed by atoms with Gasteiger partial charge < -0.3 is 25.2 Å². The van der Waals surface area contributed by atoms with E-state index in [-0.39, 0.29) is 6.42 Å². The Kier molecular flexibility index (Phi) is 9.47. The summed E-state index contributed by atoms with van der Waals surface area (Å²) in [4.78, 5) is 60.1. The van der Waals surface area contributed by atoms with E-state index in [2.05, 4.69) is 20.1 Å². The average Bonchev–Trinajstić information content (AvgIpc) is 2.71. The molecule has 1 aromatic rings. The van der Waals surface area contributed by atoms with Gasteiger partial charge in [-0.1, -0.05) is 37.3 Å². The lowest BCUT2D eigenvalue weighted by molar-refractivity contribution is -0.163. The third-order valence-electron chi connectivity index (χ3n) is 4.50. The number of carboxylic acids is 1. The van der Waals surface area contributed by atoms with Crippen molar-refractivity contribution >= 4 is 29.7 Å². The van der Waals surface area contributed by atoms with Crippen LogP contribution in [0.3, 0.4) is 0 Å². The van der Waals surface area contributed by atoms with E-state index in [1.807, 2.05) is 0 Å². The molecule has 0 aliphatic rings. The molecule has 0 saturated carbocycles. The highest BCUT2D eigenvalue weighted by atomic mass is 16.5. The van der Waals surface area contributed by atoms with Crippen LogP contribution in [0.1, 0.15) is 19.4 Å². The van der Waals surface area contributed by atoms with E-state index < -0.39 is 53.6 Å². The molecule has 10 heteroatoms. The number of carbonyl (C=O) groups is 5. The van der Waals surface area contributed by atoms with Gasteiger partial charge in [0, 0.05) is 19.3 Å². The van der Waals surface area contributed by atoms with Crippen molar-refractivity contribution in [3.63, 3.8) is 0 Å². The Bertz CT molecular complexity index is 764. The van der Waals surface area contributed by atoms with Gasteiger partial charge in [-0.05, 0) is 5.56 Å². The zero-order chi connectivity index (χ0) is 22.8. The minimum Gasteiger partial charge on any atom is -0.480 e. The van der Waals surface area contributed by atoms with Crippen LogP contribution >= 0.6 is 0 Å². The molecule has 0 unspecified atom stereocenters. The second-order valence-electron chi connectivity index (χ2n) is 6.65. The van der Waals surface area contributed by atoms with Gasteiger partial charge in [-0.3, -0.25) is 19.2 Å². The number of hydrogen-bond acceptors (Lipinski definition) is 7. The molecule has 1 rings (SSSR count). The molecular weight excluding hydrogens is 396 g/mol. The van der Waals surface area contributed by atoms with Crippen molar-refractivity contribution < 1.29 is 38.6 Å².